The molecule has 0 bridgehead atoms. The summed E-state index contributed by atoms with van der Waals surface area (Å²) in [6, 6.07) is 10.3. The largest absolute Gasteiger partial charge is 0.497 e. The first-order valence-electron chi connectivity index (χ1n) is 9.37. The number of aromatic nitrogens is 3. The molecule has 1 amide bonds. The molecular weight excluding hydrogens is 489 g/mol. The topological polar surface area (TPSA) is 136 Å². The quantitative estimate of drug-likeness (QED) is 0.259. The fraction of sp³-hybridized carbons (Fsp3) is 0.100. The minimum Gasteiger partial charge on any atom is -0.497 e. The second-order valence-corrected chi connectivity index (χ2v) is 8.37. The summed E-state index contributed by atoms with van der Waals surface area (Å²) >= 11 is 13.3. The average Bonchev–Trinajstić information content (AvgIpc) is 3.20. The molecule has 0 radical (unpaired) electrons. The van der Waals surface area contributed by atoms with Gasteiger partial charge in [0, 0.05) is 5.02 Å². The lowest BCUT2D eigenvalue weighted by molar-refractivity contribution is -0.122. The maximum atomic E-state index is 12.1. The van der Waals surface area contributed by atoms with E-state index in [0.29, 0.717) is 26.7 Å². The predicted octanol–water partition coefficient (Wildman–Crippen LogP) is 4.25. The van der Waals surface area contributed by atoms with Crippen LogP contribution in [0.25, 0.3) is 10.2 Å². The predicted molar refractivity (Wildman–Crippen MR) is 130 cm³/mol. The van der Waals surface area contributed by atoms with Crippen molar-refractivity contribution in [2.45, 2.75) is 0 Å². The molecule has 0 aliphatic carbocycles. The second kappa shape index (κ2) is 9.94. The molecule has 5 N–H and O–H groups in total. The molecule has 2 heterocycles. The Balaban J connectivity index is 1.38. The van der Waals surface area contributed by atoms with E-state index in [1.165, 1.54) is 23.7 Å². The lowest BCUT2D eigenvalue weighted by atomic mass is 10.3. The number of methoxy groups -OCH3 is 1. The Morgan fingerprint density at radius 3 is 2.76 bits per heavy atom. The highest BCUT2D eigenvalue weighted by Crippen LogP contribution is 2.32. The monoisotopic (exact) mass is 505 g/mol. The molecule has 0 saturated carbocycles. The summed E-state index contributed by atoms with van der Waals surface area (Å²) < 4.78 is 11.6. The molecule has 13 heteroatoms. The zero-order valence-corrected chi connectivity index (χ0v) is 19.4. The van der Waals surface area contributed by atoms with Crippen LogP contribution >= 0.6 is 34.5 Å². The number of hydrogen-bond acceptors (Lipinski definition) is 10. The number of rotatable bonds is 8. The third-order valence-corrected chi connectivity index (χ3v) is 5.74. The third-order valence-electron chi connectivity index (χ3n) is 4.28. The van der Waals surface area contributed by atoms with Gasteiger partial charge in [0.25, 0.3) is 5.91 Å². The summed E-state index contributed by atoms with van der Waals surface area (Å²) in [4.78, 5) is 24.8. The fourth-order valence-electron chi connectivity index (χ4n) is 2.68. The lowest BCUT2D eigenvalue weighted by Gasteiger charge is -2.13. The van der Waals surface area contributed by atoms with E-state index in [1.54, 1.807) is 19.2 Å². The summed E-state index contributed by atoms with van der Waals surface area (Å²) in [6.07, 6.45) is 1.30. The zero-order chi connectivity index (χ0) is 23.4. The number of halogens is 2. The molecule has 33 heavy (non-hydrogen) atoms. The third kappa shape index (κ3) is 5.45. The average molecular weight is 506 g/mol. The number of nitrogens with two attached hydrogens (primary N) is 1. The Morgan fingerprint density at radius 2 is 1.97 bits per heavy atom. The van der Waals surface area contributed by atoms with Crippen molar-refractivity contribution in [3.05, 3.63) is 52.8 Å². The first kappa shape index (κ1) is 22.6. The Morgan fingerprint density at radius 1 is 1.15 bits per heavy atom. The van der Waals surface area contributed by atoms with E-state index in [1.807, 2.05) is 18.2 Å². The number of benzene rings is 2. The maximum absolute atomic E-state index is 12.1. The normalized spacial score (nSPS) is 10.6. The van der Waals surface area contributed by atoms with E-state index < -0.39 is 5.91 Å². The van der Waals surface area contributed by atoms with Crippen LogP contribution < -0.4 is 31.4 Å². The van der Waals surface area contributed by atoms with Crippen LogP contribution in [0.1, 0.15) is 0 Å². The fourth-order valence-corrected chi connectivity index (χ4v) is 4.04. The van der Waals surface area contributed by atoms with Gasteiger partial charge >= 0.3 is 0 Å². The number of nitrogens with zero attached hydrogens (tertiary/aromatic N) is 3. The molecular formula is C20H17Cl2N7O3S. The summed E-state index contributed by atoms with van der Waals surface area (Å²) in [5, 5.41) is 4.43. The highest BCUT2D eigenvalue weighted by molar-refractivity contribution is 7.22. The molecule has 10 nitrogen and oxygen atoms in total. The smallest absolute Gasteiger partial charge is 0.276 e. The van der Waals surface area contributed by atoms with Gasteiger partial charge in [-0.3, -0.25) is 15.6 Å². The first-order chi connectivity index (χ1) is 15.9. The maximum Gasteiger partial charge on any atom is 0.276 e. The number of carbonyl (C=O) groups excluding carboxylic acids is 1. The first-order valence-corrected chi connectivity index (χ1v) is 10.9. The van der Waals surface area contributed by atoms with Gasteiger partial charge in [-0.25, -0.2) is 15.0 Å². The standard InChI is InChI=1S/C20H17Cl2N7O3S/c1-31-11-3-4-13-15(7-11)33-20(26-13)27-18-17(23)19(25-9-24-18)29-28-16(30)8-32-14-5-2-10(21)6-12(14)22/h2-7,9H,8,23H2,1H3,(H,28,30)(H2,24,25,26,27,29). The molecule has 0 spiro atoms. The number of nitrogen functional groups attached to an aromatic ring is 1. The van der Waals surface area contributed by atoms with E-state index >= 15 is 0 Å². The molecule has 0 unspecified atom stereocenters. The van der Waals surface area contributed by atoms with Crippen LogP contribution in [0.4, 0.5) is 22.5 Å². The van der Waals surface area contributed by atoms with E-state index in [2.05, 4.69) is 31.1 Å². The van der Waals surface area contributed by atoms with Crippen molar-refractivity contribution in [3.63, 3.8) is 0 Å². The molecule has 0 fully saturated rings. The Kier molecular flexibility index (Phi) is 6.82. The van der Waals surface area contributed by atoms with Gasteiger partial charge in [-0.05, 0) is 36.4 Å². The SMILES string of the molecule is COc1ccc2nc(Nc3ncnc(NNC(=O)COc4ccc(Cl)cc4Cl)c3N)sc2c1. The summed E-state index contributed by atoms with van der Waals surface area (Å²) in [6.45, 7) is -0.292. The molecule has 0 saturated heterocycles. The van der Waals surface area contributed by atoms with Crippen molar-refractivity contribution in [1.82, 2.24) is 20.4 Å². The number of nitrogens with one attached hydrogen (secondary N) is 3. The Bertz CT molecular complexity index is 1320. The summed E-state index contributed by atoms with van der Waals surface area (Å²) in [5.41, 5.74) is 12.3. The van der Waals surface area contributed by atoms with Gasteiger partial charge < -0.3 is 20.5 Å². The van der Waals surface area contributed by atoms with Crippen LogP contribution in [0, 0.1) is 0 Å². The van der Waals surface area contributed by atoms with Crippen molar-refractivity contribution >= 4 is 73.1 Å². The number of fused-ring (bicyclic) bond motifs is 1. The van der Waals surface area contributed by atoms with Crippen LogP contribution in [0.5, 0.6) is 11.5 Å². The van der Waals surface area contributed by atoms with Crippen LogP contribution in [-0.4, -0.2) is 34.6 Å². The zero-order valence-electron chi connectivity index (χ0n) is 17.1. The van der Waals surface area contributed by atoms with Gasteiger partial charge in [-0.2, -0.15) is 0 Å². The molecule has 4 rings (SSSR count). The van der Waals surface area contributed by atoms with Gasteiger partial charge in [0.05, 0.1) is 22.3 Å². The highest BCUT2D eigenvalue weighted by atomic mass is 35.5. The number of anilines is 4. The minimum atomic E-state index is -0.478. The van der Waals surface area contributed by atoms with Crippen molar-refractivity contribution in [2.24, 2.45) is 0 Å². The Hall–Kier alpha value is -3.54. The van der Waals surface area contributed by atoms with Crippen LogP contribution in [-0.2, 0) is 4.79 Å². The number of hydrogen-bond donors (Lipinski definition) is 4. The van der Waals surface area contributed by atoms with Crippen molar-refractivity contribution in [1.29, 1.82) is 0 Å². The number of carbonyl (C=O) groups is 1. The molecule has 2 aromatic heterocycles. The summed E-state index contributed by atoms with van der Waals surface area (Å²) in [5.74, 6) is 1.13. The molecule has 4 aromatic rings. The van der Waals surface area contributed by atoms with Crippen molar-refractivity contribution in [3.8, 4) is 11.5 Å². The van der Waals surface area contributed by atoms with Gasteiger partial charge in [-0.1, -0.05) is 34.5 Å². The van der Waals surface area contributed by atoms with Crippen molar-refractivity contribution < 1.29 is 14.3 Å². The van der Waals surface area contributed by atoms with Gasteiger partial charge in [-0.15, -0.1) is 0 Å². The second-order valence-electron chi connectivity index (χ2n) is 6.50. The highest BCUT2D eigenvalue weighted by Gasteiger charge is 2.13. The van der Waals surface area contributed by atoms with E-state index in [-0.39, 0.29) is 18.1 Å². The number of amides is 1. The van der Waals surface area contributed by atoms with Crippen LogP contribution in [0.3, 0.4) is 0 Å². The van der Waals surface area contributed by atoms with Gasteiger partial charge in [0.15, 0.2) is 23.4 Å². The number of hydrazine groups is 1. The molecule has 0 aliphatic heterocycles. The lowest BCUT2D eigenvalue weighted by Crippen LogP contribution is -2.34. The van der Waals surface area contributed by atoms with Crippen molar-refractivity contribution in [2.75, 3.05) is 30.2 Å². The Labute approximate surface area is 202 Å². The number of ether oxygens (including phenoxy) is 2. The van der Waals surface area contributed by atoms with E-state index in [4.69, 9.17) is 38.4 Å². The minimum absolute atomic E-state index is 0.191. The summed E-state index contributed by atoms with van der Waals surface area (Å²) in [7, 11) is 1.61. The van der Waals surface area contributed by atoms with Gasteiger partial charge in [0.1, 0.15) is 23.5 Å². The molecule has 0 atom stereocenters. The van der Waals surface area contributed by atoms with Crippen LogP contribution in [0.2, 0.25) is 10.0 Å². The molecule has 2 aromatic carbocycles. The van der Waals surface area contributed by atoms with E-state index in [0.717, 1.165) is 16.0 Å². The molecule has 0 aliphatic rings. The van der Waals surface area contributed by atoms with Crippen LogP contribution in [0.15, 0.2) is 42.7 Å². The van der Waals surface area contributed by atoms with E-state index in [9.17, 15) is 4.79 Å². The molecule has 170 valence electrons. The number of thiazole rings is 1. The van der Waals surface area contributed by atoms with Gasteiger partial charge in [0.2, 0.25) is 0 Å².